The number of oxazole rings is 1. The summed E-state index contributed by atoms with van der Waals surface area (Å²) in [6, 6.07) is 15.2. The lowest BCUT2D eigenvalue weighted by Crippen LogP contribution is -2.40. The van der Waals surface area contributed by atoms with Gasteiger partial charge in [0.2, 0.25) is 11.8 Å². The second-order valence-corrected chi connectivity index (χ2v) is 8.60. The minimum atomic E-state index is 0.0236. The summed E-state index contributed by atoms with van der Waals surface area (Å²) in [5.41, 5.74) is 2.91. The molecule has 2 aromatic carbocycles. The molecule has 31 heavy (non-hydrogen) atoms. The van der Waals surface area contributed by atoms with Crippen molar-refractivity contribution in [3.63, 3.8) is 0 Å². The Balaban J connectivity index is 1.22. The van der Waals surface area contributed by atoms with E-state index < -0.39 is 0 Å². The van der Waals surface area contributed by atoms with Crippen molar-refractivity contribution in [3.05, 3.63) is 54.1 Å². The molecule has 0 unspecified atom stereocenters. The predicted octanol–water partition coefficient (Wildman–Crippen LogP) is 4.36. The van der Waals surface area contributed by atoms with Crippen LogP contribution in [0.1, 0.15) is 42.5 Å². The highest BCUT2D eigenvalue weighted by molar-refractivity contribution is 5.97. The summed E-state index contributed by atoms with van der Waals surface area (Å²) < 4.78 is 5.86. The van der Waals surface area contributed by atoms with E-state index in [1.54, 1.807) is 0 Å². The quantitative estimate of drug-likeness (QED) is 0.633. The highest BCUT2D eigenvalue weighted by atomic mass is 16.3. The number of rotatable bonds is 4. The number of fused-ring (bicyclic) bond motifs is 1. The first-order valence-electron chi connectivity index (χ1n) is 11.2. The number of aromatic nitrogens is 1. The van der Waals surface area contributed by atoms with Crippen LogP contribution in [-0.2, 0) is 4.79 Å². The van der Waals surface area contributed by atoms with E-state index >= 15 is 0 Å². The summed E-state index contributed by atoms with van der Waals surface area (Å²) in [6.45, 7) is 3.21. The number of amides is 2. The van der Waals surface area contributed by atoms with Gasteiger partial charge in [0.05, 0.1) is 0 Å². The first-order valence-corrected chi connectivity index (χ1v) is 11.2. The van der Waals surface area contributed by atoms with Crippen LogP contribution in [0.15, 0.2) is 52.9 Å². The summed E-state index contributed by atoms with van der Waals surface area (Å²) in [4.78, 5) is 33.9. The first-order chi connectivity index (χ1) is 15.2. The maximum atomic E-state index is 13.1. The number of carbonyl (C=O) groups excluding carboxylic acids is 2. The molecule has 0 atom stereocenters. The van der Waals surface area contributed by atoms with Crippen LogP contribution in [0.3, 0.4) is 0 Å². The van der Waals surface area contributed by atoms with E-state index in [2.05, 4.69) is 4.98 Å². The Morgan fingerprint density at radius 3 is 2.42 bits per heavy atom. The molecule has 6 heteroatoms. The van der Waals surface area contributed by atoms with Crippen molar-refractivity contribution in [1.29, 1.82) is 0 Å². The summed E-state index contributed by atoms with van der Waals surface area (Å²) in [5, 5.41) is 0. The lowest BCUT2D eigenvalue weighted by molar-refractivity contribution is -0.131. The van der Waals surface area contributed by atoms with Crippen molar-refractivity contribution >= 4 is 22.9 Å². The summed E-state index contributed by atoms with van der Waals surface area (Å²) in [6.07, 6.45) is 4.64. The fourth-order valence-corrected chi connectivity index (χ4v) is 4.63. The third-order valence-corrected chi connectivity index (χ3v) is 6.48. The highest BCUT2D eigenvalue weighted by Gasteiger charge is 2.27. The second-order valence-electron chi connectivity index (χ2n) is 8.60. The average Bonchev–Trinajstić information content (AvgIpc) is 3.49. The zero-order chi connectivity index (χ0) is 21.2. The molecule has 2 fully saturated rings. The molecular weight excluding hydrogens is 390 g/mol. The molecule has 0 bridgehead atoms. The standard InChI is InChI=1S/C25H27N3O3/c29-23(27-12-4-5-13-27)16-18-10-14-28(15-11-18)25(30)20-8-9-22-21(17-20)26-24(31-22)19-6-2-1-3-7-19/h1-3,6-9,17-18H,4-5,10-16H2. The van der Waals surface area contributed by atoms with Crippen LogP contribution in [-0.4, -0.2) is 52.8 Å². The molecule has 3 heterocycles. The normalized spacial score (nSPS) is 17.4. The molecule has 2 aliphatic rings. The summed E-state index contributed by atoms with van der Waals surface area (Å²) in [7, 11) is 0. The molecule has 2 aliphatic heterocycles. The number of carbonyl (C=O) groups is 2. The number of piperidine rings is 1. The number of nitrogens with zero attached hydrogens (tertiary/aromatic N) is 3. The van der Waals surface area contributed by atoms with Crippen LogP contribution < -0.4 is 0 Å². The molecule has 0 radical (unpaired) electrons. The van der Waals surface area contributed by atoms with E-state index in [1.165, 1.54) is 0 Å². The molecular formula is C25H27N3O3. The van der Waals surface area contributed by atoms with Gasteiger partial charge in [-0.3, -0.25) is 9.59 Å². The molecule has 0 N–H and O–H groups in total. The molecule has 2 saturated heterocycles. The Kier molecular flexibility index (Phi) is 5.45. The minimum absolute atomic E-state index is 0.0236. The molecule has 0 spiro atoms. The van der Waals surface area contributed by atoms with E-state index in [1.807, 2.05) is 58.3 Å². The van der Waals surface area contributed by atoms with E-state index in [4.69, 9.17) is 4.42 Å². The molecule has 2 amide bonds. The van der Waals surface area contributed by atoms with Crippen LogP contribution in [0, 0.1) is 5.92 Å². The van der Waals surface area contributed by atoms with Crippen molar-refractivity contribution in [1.82, 2.24) is 14.8 Å². The highest BCUT2D eigenvalue weighted by Crippen LogP contribution is 2.27. The number of likely N-dealkylation sites (tertiary alicyclic amines) is 2. The topological polar surface area (TPSA) is 66.7 Å². The Hall–Kier alpha value is -3.15. The molecule has 6 nitrogen and oxygen atoms in total. The van der Waals surface area contributed by atoms with Crippen molar-refractivity contribution in [2.75, 3.05) is 26.2 Å². The predicted molar refractivity (Wildman–Crippen MR) is 119 cm³/mol. The SMILES string of the molecule is O=C(CC1CCN(C(=O)c2ccc3oc(-c4ccccc4)nc3c2)CC1)N1CCCC1. The minimum Gasteiger partial charge on any atom is -0.436 e. The maximum absolute atomic E-state index is 13.1. The van der Waals surface area contributed by atoms with Crippen molar-refractivity contribution in [2.45, 2.75) is 32.1 Å². The Labute approximate surface area is 181 Å². The van der Waals surface area contributed by atoms with E-state index in [0.717, 1.165) is 44.3 Å². The van der Waals surface area contributed by atoms with Gasteiger partial charge in [-0.2, -0.15) is 0 Å². The second kappa shape index (κ2) is 8.53. The summed E-state index contributed by atoms with van der Waals surface area (Å²) in [5.74, 6) is 1.25. The van der Waals surface area contributed by atoms with Gasteiger partial charge in [-0.15, -0.1) is 0 Å². The monoisotopic (exact) mass is 417 g/mol. The van der Waals surface area contributed by atoms with Crippen LogP contribution in [0.5, 0.6) is 0 Å². The molecule has 0 saturated carbocycles. The van der Waals surface area contributed by atoms with Crippen LogP contribution in [0.4, 0.5) is 0 Å². The lowest BCUT2D eigenvalue weighted by Gasteiger charge is -2.32. The number of hydrogen-bond donors (Lipinski definition) is 0. The van der Waals surface area contributed by atoms with Crippen LogP contribution in [0.25, 0.3) is 22.6 Å². The molecule has 0 aliphatic carbocycles. The first kappa shape index (κ1) is 19.8. The van der Waals surface area contributed by atoms with Crippen LogP contribution in [0.2, 0.25) is 0 Å². The smallest absolute Gasteiger partial charge is 0.253 e. The Morgan fingerprint density at radius 1 is 0.935 bits per heavy atom. The fraction of sp³-hybridized carbons (Fsp3) is 0.400. The van der Waals surface area contributed by atoms with Gasteiger partial charge in [0.15, 0.2) is 5.58 Å². The number of benzene rings is 2. The number of hydrogen-bond acceptors (Lipinski definition) is 4. The Morgan fingerprint density at radius 2 is 1.68 bits per heavy atom. The van der Waals surface area contributed by atoms with Crippen molar-refractivity contribution in [3.8, 4) is 11.5 Å². The van der Waals surface area contributed by atoms with Gasteiger partial charge in [0.25, 0.3) is 5.91 Å². The van der Waals surface area contributed by atoms with Gasteiger partial charge in [-0.1, -0.05) is 18.2 Å². The van der Waals surface area contributed by atoms with Crippen molar-refractivity contribution < 1.29 is 14.0 Å². The lowest BCUT2D eigenvalue weighted by atomic mass is 9.92. The third kappa shape index (κ3) is 4.20. The van der Waals surface area contributed by atoms with Gasteiger partial charge in [-0.05, 0) is 61.9 Å². The van der Waals surface area contributed by atoms with Gasteiger partial charge in [0, 0.05) is 43.7 Å². The van der Waals surface area contributed by atoms with Crippen molar-refractivity contribution in [2.24, 2.45) is 5.92 Å². The largest absolute Gasteiger partial charge is 0.436 e. The Bertz CT molecular complexity index is 1080. The van der Waals surface area contributed by atoms with Crippen LogP contribution >= 0.6 is 0 Å². The van der Waals surface area contributed by atoms with Gasteiger partial charge < -0.3 is 14.2 Å². The fourth-order valence-electron chi connectivity index (χ4n) is 4.63. The molecule has 160 valence electrons. The van der Waals surface area contributed by atoms with E-state index in [-0.39, 0.29) is 11.8 Å². The third-order valence-electron chi connectivity index (χ3n) is 6.48. The zero-order valence-corrected chi connectivity index (χ0v) is 17.6. The molecule has 1 aromatic heterocycles. The zero-order valence-electron chi connectivity index (χ0n) is 17.6. The van der Waals surface area contributed by atoms with E-state index in [0.29, 0.717) is 48.0 Å². The molecule has 5 rings (SSSR count). The summed E-state index contributed by atoms with van der Waals surface area (Å²) >= 11 is 0. The maximum Gasteiger partial charge on any atom is 0.253 e. The van der Waals surface area contributed by atoms with Gasteiger partial charge >= 0.3 is 0 Å². The average molecular weight is 418 g/mol. The van der Waals surface area contributed by atoms with Gasteiger partial charge in [-0.25, -0.2) is 4.98 Å². The van der Waals surface area contributed by atoms with E-state index in [9.17, 15) is 9.59 Å². The molecule has 3 aromatic rings. The van der Waals surface area contributed by atoms with Gasteiger partial charge in [0.1, 0.15) is 5.52 Å².